The first-order valence-corrected chi connectivity index (χ1v) is 5.47. The molecule has 0 aromatic heterocycles. The SMILES string of the molecule is COC1=NC(Oc2cccc(O)c2C(=O)O)=NC(=O)C1. The lowest BCUT2D eigenvalue weighted by atomic mass is 10.2. The molecule has 1 aliphatic rings. The Labute approximate surface area is 113 Å². The minimum Gasteiger partial charge on any atom is -0.507 e. The van der Waals surface area contributed by atoms with Crippen LogP contribution in [-0.4, -0.2) is 41.1 Å². The average molecular weight is 278 g/mol. The van der Waals surface area contributed by atoms with Crippen molar-refractivity contribution in [3.63, 3.8) is 0 Å². The molecule has 1 aromatic carbocycles. The number of amidine groups is 1. The van der Waals surface area contributed by atoms with E-state index in [9.17, 15) is 14.7 Å². The number of carbonyl (C=O) groups is 2. The van der Waals surface area contributed by atoms with Gasteiger partial charge in [-0.2, -0.15) is 9.98 Å². The van der Waals surface area contributed by atoms with Crippen molar-refractivity contribution in [2.45, 2.75) is 6.42 Å². The van der Waals surface area contributed by atoms with E-state index in [-0.39, 0.29) is 24.1 Å². The number of methoxy groups -OCH3 is 1. The van der Waals surface area contributed by atoms with Crippen LogP contribution in [0.4, 0.5) is 0 Å². The first kappa shape index (κ1) is 13.5. The highest BCUT2D eigenvalue weighted by molar-refractivity contribution is 6.10. The molecule has 8 heteroatoms. The van der Waals surface area contributed by atoms with Gasteiger partial charge in [0.15, 0.2) is 0 Å². The van der Waals surface area contributed by atoms with Crippen molar-refractivity contribution in [2.75, 3.05) is 7.11 Å². The van der Waals surface area contributed by atoms with E-state index in [2.05, 4.69) is 9.98 Å². The summed E-state index contributed by atoms with van der Waals surface area (Å²) in [6.07, 6.45) is -0.0881. The van der Waals surface area contributed by atoms with Crippen molar-refractivity contribution in [1.29, 1.82) is 0 Å². The summed E-state index contributed by atoms with van der Waals surface area (Å²) in [4.78, 5) is 29.7. The normalized spacial score (nSPS) is 14.3. The standard InChI is InChI=1S/C12H10N2O6/c1-19-9-5-8(16)13-12(14-9)20-7-4-2-3-6(15)10(7)11(17)18/h2-4,15H,5H2,1H3,(H,17,18). The van der Waals surface area contributed by atoms with E-state index in [1.165, 1.54) is 25.3 Å². The number of carbonyl (C=O) groups excluding carboxylic acids is 1. The summed E-state index contributed by atoms with van der Waals surface area (Å²) in [7, 11) is 1.34. The third-order valence-corrected chi connectivity index (χ3v) is 2.40. The number of carboxylic acid groups (broad SMARTS) is 1. The van der Waals surface area contributed by atoms with Crippen molar-refractivity contribution >= 4 is 23.8 Å². The minimum absolute atomic E-state index is 0.0881. The molecule has 0 bridgehead atoms. The number of aliphatic imine (C=N–C) groups is 2. The van der Waals surface area contributed by atoms with E-state index in [1.54, 1.807) is 0 Å². The lowest BCUT2D eigenvalue weighted by Crippen LogP contribution is -2.21. The fourth-order valence-electron chi connectivity index (χ4n) is 1.53. The number of amides is 1. The first-order chi connectivity index (χ1) is 9.51. The van der Waals surface area contributed by atoms with Crippen LogP contribution in [0, 0.1) is 0 Å². The molecule has 2 N–H and O–H groups in total. The monoisotopic (exact) mass is 278 g/mol. The Hall–Kier alpha value is -2.90. The van der Waals surface area contributed by atoms with Crippen LogP contribution < -0.4 is 4.74 Å². The van der Waals surface area contributed by atoms with E-state index in [1.807, 2.05) is 0 Å². The smallest absolute Gasteiger partial charge is 0.343 e. The van der Waals surface area contributed by atoms with Crippen LogP contribution in [-0.2, 0) is 9.53 Å². The predicted octanol–water partition coefficient (Wildman–Crippen LogP) is 0.800. The molecule has 1 amide bonds. The molecular formula is C12H10N2O6. The van der Waals surface area contributed by atoms with Crippen molar-refractivity contribution in [1.82, 2.24) is 0 Å². The second-order valence-electron chi connectivity index (χ2n) is 3.73. The summed E-state index contributed by atoms with van der Waals surface area (Å²) >= 11 is 0. The van der Waals surface area contributed by atoms with Crippen molar-refractivity contribution in [2.24, 2.45) is 9.98 Å². The van der Waals surface area contributed by atoms with Crippen molar-refractivity contribution in [3.8, 4) is 11.5 Å². The fraction of sp³-hybridized carbons (Fsp3) is 0.167. The number of hydrogen-bond acceptors (Lipinski definition) is 6. The summed E-state index contributed by atoms with van der Waals surface area (Å²) in [6, 6.07) is 3.57. The third-order valence-electron chi connectivity index (χ3n) is 2.40. The van der Waals surface area contributed by atoms with Gasteiger partial charge >= 0.3 is 12.0 Å². The maximum absolute atomic E-state index is 11.3. The van der Waals surface area contributed by atoms with E-state index < -0.39 is 23.2 Å². The molecule has 2 rings (SSSR count). The van der Waals surface area contributed by atoms with Crippen LogP contribution in [0.3, 0.4) is 0 Å². The van der Waals surface area contributed by atoms with E-state index in [0.29, 0.717) is 0 Å². The summed E-state index contributed by atoms with van der Waals surface area (Å²) in [5.74, 6) is -2.43. The second-order valence-corrected chi connectivity index (χ2v) is 3.73. The number of aromatic hydroxyl groups is 1. The Morgan fingerprint density at radius 2 is 2.10 bits per heavy atom. The Morgan fingerprint density at radius 1 is 1.35 bits per heavy atom. The minimum atomic E-state index is -1.38. The van der Waals surface area contributed by atoms with Gasteiger partial charge in [0.2, 0.25) is 5.90 Å². The maximum atomic E-state index is 11.3. The summed E-state index contributed by atoms with van der Waals surface area (Å²) in [5, 5.41) is 18.5. The van der Waals surface area contributed by atoms with Gasteiger partial charge in [-0.25, -0.2) is 4.79 Å². The summed E-state index contributed by atoms with van der Waals surface area (Å²) in [5.41, 5.74) is -0.442. The topological polar surface area (TPSA) is 118 Å². The van der Waals surface area contributed by atoms with E-state index >= 15 is 0 Å². The number of benzene rings is 1. The second kappa shape index (κ2) is 5.39. The van der Waals surface area contributed by atoms with Crippen molar-refractivity contribution < 1.29 is 29.3 Å². The van der Waals surface area contributed by atoms with Crippen LogP contribution in [0.15, 0.2) is 28.2 Å². The van der Waals surface area contributed by atoms with Crippen LogP contribution in [0.5, 0.6) is 11.5 Å². The molecule has 0 fully saturated rings. The number of aromatic carboxylic acids is 1. The number of ether oxygens (including phenoxy) is 2. The summed E-state index contributed by atoms with van der Waals surface area (Å²) in [6.45, 7) is 0. The van der Waals surface area contributed by atoms with Gasteiger partial charge in [0.25, 0.3) is 5.91 Å². The quantitative estimate of drug-likeness (QED) is 0.826. The van der Waals surface area contributed by atoms with Gasteiger partial charge in [0.1, 0.15) is 23.5 Å². The first-order valence-electron chi connectivity index (χ1n) is 5.47. The van der Waals surface area contributed by atoms with Crippen molar-refractivity contribution in [3.05, 3.63) is 23.8 Å². The van der Waals surface area contributed by atoms with E-state index in [0.717, 1.165) is 0 Å². The molecule has 0 saturated carbocycles. The molecule has 8 nitrogen and oxygen atoms in total. The Balaban J connectivity index is 2.36. The fourth-order valence-corrected chi connectivity index (χ4v) is 1.53. The predicted molar refractivity (Wildman–Crippen MR) is 67.2 cm³/mol. The summed E-state index contributed by atoms with van der Waals surface area (Å²) < 4.78 is 9.99. The maximum Gasteiger partial charge on any atom is 0.343 e. The van der Waals surface area contributed by atoms with Gasteiger partial charge in [-0.15, -0.1) is 0 Å². The molecule has 0 spiro atoms. The lowest BCUT2D eigenvalue weighted by molar-refractivity contribution is -0.117. The highest BCUT2D eigenvalue weighted by Crippen LogP contribution is 2.27. The molecule has 0 atom stereocenters. The Bertz CT molecular complexity index is 635. The highest BCUT2D eigenvalue weighted by Gasteiger charge is 2.21. The largest absolute Gasteiger partial charge is 0.507 e. The Kier molecular flexibility index (Phi) is 3.65. The van der Waals surface area contributed by atoms with E-state index in [4.69, 9.17) is 14.6 Å². The molecular weight excluding hydrogens is 268 g/mol. The molecule has 1 aliphatic heterocycles. The van der Waals surface area contributed by atoms with Gasteiger partial charge in [-0.05, 0) is 12.1 Å². The molecule has 1 heterocycles. The molecule has 104 valence electrons. The van der Waals surface area contributed by atoms with Gasteiger partial charge in [-0.3, -0.25) is 4.79 Å². The lowest BCUT2D eigenvalue weighted by Gasteiger charge is -2.12. The third kappa shape index (κ3) is 2.74. The number of rotatable bonds is 2. The number of nitrogens with zero attached hydrogens (tertiary/aromatic N) is 2. The average Bonchev–Trinajstić information content (AvgIpc) is 2.37. The zero-order chi connectivity index (χ0) is 14.7. The zero-order valence-corrected chi connectivity index (χ0v) is 10.4. The Morgan fingerprint density at radius 3 is 2.75 bits per heavy atom. The van der Waals surface area contributed by atoms with Gasteiger partial charge in [-0.1, -0.05) is 6.07 Å². The van der Waals surface area contributed by atoms with Gasteiger partial charge < -0.3 is 19.7 Å². The molecule has 0 radical (unpaired) electrons. The van der Waals surface area contributed by atoms with Crippen LogP contribution in [0.1, 0.15) is 16.8 Å². The van der Waals surface area contributed by atoms with Gasteiger partial charge in [0, 0.05) is 0 Å². The van der Waals surface area contributed by atoms with Crippen LogP contribution in [0.2, 0.25) is 0 Å². The highest BCUT2D eigenvalue weighted by atomic mass is 16.5. The molecule has 0 aliphatic carbocycles. The molecule has 0 unspecified atom stereocenters. The van der Waals surface area contributed by atoms with Crippen LogP contribution >= 0.6 is 0 Å². The number of hydrogen-bond donors (Lipinski definition) is 2. The molecule has 0 saturated heterocycles. The zero-order valence-electron chi connectivity index (χ0n) is 10.4. The van der Waals surface area contributed by atoms with Gasteiger partial charge in [0.05, 0.1) is 7.11 Å². The molecule has 20 heavy (non-hydrogen) atoms. The number of phenols is 1. The number of carboxylic acids is 1. The molecule has 1 aromatic rings. The van der Waals surface area contributed by atoms with Crippen LogP contribution in [0.25, 0.3) is 0 Å².